The molecule has 1 fully saturated rings. The van der Waals surface area contributed by atoms with Gasteiger partial charge in [-0.15, -0.1) is 0 Å². The van der Waals surface area contributed by atoms with Crippen molar-refractivity contribution in [2.45, 2.75) is 25.1 Å². The Kier molecular flexibility index (Phi) is 3.65. The molecule has 98 valence electrons. The highest BCUT2D eigenvalue weighted by Crippen LogP contribution is 2.21. The zero-order valence-electron chi connectivity index (χ0n) is 10.2. The Hall–Kier alpha value is -1.43. The molecule has 1 atom stereocenters. The van der Waals surface area contributed by atoms with E-state index in [2.05, 4.69) is 0 Å². The average molecular weight is 250 g/mol. The summed E-state index contributed by atoms with van der Waals surface area (Å²) in [5.41, 5.74) is 6.68. The number of carboxylic acids is 1. The molecule has 0 amide bonds. The van der Waals surface area contributed by atoms with Crippen molar-refractivity contribution in [1.29, 1.82) is 0 Å². The van der Waals surface area contributed by atoms with Crippen LogP contribution in [0.2, 0.25) is 0 Å². The molecule has 0 aliphatic carbocycles. The third-order valence-electron chi connectivity index (χ3n) is 3.42. The molecule has 0 aromatic heterocycles. The number of carbonyl (C=O) groups is 1. The van der Waals surface area contributed by atoms with E-state index in [0.29, 0.717) is 26.1 Å². The Morgan fingerprint density at radius 2 is 1.94 bits per heavy atom. The molecular weight excluding hydrogens is 232 g/mol. The fourth-order valence-corrected chi connectivity index (χ4v) is 2.23. The van der Waals surface area contributed by atoms with E-state index in [0.717, 1.165) is 11.1 Å². The van der Waals surface area contributed by atoms with Crippen LogP contribution in [0.4, 0.5) is 0 Å². The summed E-state index contributed by atoms with van der Waals surface area (Å²) >= 11 is 0. The number of nitrogens with two attached hydrogens (primary N) is 1. The van der Waals surface area contributed by atoms with Crippen molar-refractivity contribution in [3.8, 4) is 0 Å². The molecule has 1 unspecified atom stereocenters. The topological polar surface area (TPSA) is 86.8 Å². The van der Waals surface area contributed by atoms with E-state index in [1.807, 2.05) is 29.2 Å². The fraction of sp³-hybridized carbons (Fsp3) is 0.462. The van der Waals surface area contributed by atoms with Gasteiger partial charge in [-0.05, 0) is 17.5 Å². The Morgan fingerprint density at radius 1 is 1.33 bits per heavy atom. The van der Waals surface area contributed by atoms with Crippen LogP contribution in [0.1, 0.15) is 17.5 Å². The molecule has 1 aromatic carbocycles. The van der Waals surface area contributed by atoms with E-state index in [9.17, 15) is 4.79 Å². The van der Waals surface area contributed by atoms with Crippen molar-refractivity contribution in [2.24, 2.45) is 5.73 Å². The maximum absolute atomic E-state index is 11.0. The van der Waals surface area contributed by atoms with Gasteiger partial charge in [0.05, 0.1) is 6.61 Å². The molecular formula is C13H18N2O3. The molecule has 0 bridgehead atoms. The van der Waals surface area contributed by atoms with E-state index in [-0.39, 0.29) is 6.61 Å². The minimum Gasteiger partial charge on any atom is -0.480 e. The third-order valence-corrected chi connectivity index (χ3v) is 3.42. The minimum atomic E-state index is -1.11. The summed E-state index contributed by atoms with van der Waals surface area (Å²) in [6.07, 6.45) is 0.483. The van der Waals surface area contributed by atoms with Crippen molar-refractivity contribution >= 4 is 5.97 Å². The second-order valence-corrected chi connectivity index (χ2v) is 4.90. The second kappa shape index (κ2) is 5.06. The Labute approximate surface area is 106 Å². The standard InChI is InChI=1S/C13H18N2O3/c14-13(12(17)18)5-6-15(9-13)7-10-1-3-11(8-16)4-2-10/h1-4,16H,5-9,14H2,(H,17,18). The number of carboxylic acid groups (broad SMARTS) is 1. The normalized spacial score (nSPS) is 24.3. The van der Waals surface area contributed by atoms with Gasteiger partial charge in [-0.2, -0.15) is 0 Å². The van der Waals surface area contributed by atoms with E-state index in [4.69, 9.17) is 15.9 Å². The first kappa shape index (κ1) is 13.0. The molecule has 0 spiro atoms. The van der Waals surface area contributed by atoms with Gasteiger partial charge in [0.15, 0.2) is 0 Å². The summed E-state index contributed by atoms with van der Waals surface area (Å²) in [6.45, 7) is 1.81. The molecule has 0 radical (unpaired) electrons. The number of aliphatic hydroxyl groups is 1. The first-order valence-electron chi connectivity index (χ1n) is 5.97. The Morgan fingerprint density at radius 3 is 2.44 bits per heavy atom. The van der Waals surface area contributed by atoms with Crippen molar-refractivity contribution in [3.63, 3.8) is 0 Å². The third kappa shape index (κ3) is 2.69. The Balaban J connectivity index is 1.97. The fourth-order valence-electron chi connectivity index (χ4n) is 2.23. The lowest BCUT2D eigenvalue weighted by Crippen LogP contribution is -2.50. The van der Waals surface area contributed by atoms with Crippen molar-refractivity contribution in [3.05, 3.63) is 35.4 Å². The highest BCUT2D eigenvalue weighted by molar-refractivity contribution is 5.79. The van der Waals surface area contributed by atoms with E-state index < -0.39 is 11.5 Å². The van der Waals surface area contributed by atoms with Gasteiger partial charge < -0.3 is 15.9 Å². The number of hydrogen-bond acceptors (Lipinski definition) is 4. The number of rotatable bonds is 4. The van der Waals surface area contributed by atoms with Crippen LogP contribution in [0.5, 0.6) is 0 Å². The lowest BCUT2D eigenvalue weighted by molar-refractivity contribution is -0.142. The van der Waals surface area contributed by atoms with E-state index in [1.54, 1.807) is 0 Å². The van der Waals surface area contributed by atoms with Crippen molar-refractivity contribution < 1.29 is 15.0 Å². The van der Waals surface area contributed by atoms with E-state index >= 15 is 0 Å². The number of hydrogen-bond donors (Lipinski definition) is 3. The number of nitrogens with zero attached hydrogens (tertiary/aromatic N) is 1. The van der Waals surface area contributed by atoms with E-state index in [1.165, 1.54) is 0 Å². The Bertz CT molecular complexity index is 432. The molecule has 1 aliphatic heterocycles. The zero-order chi connectivity index (χ0) is 13.2. The van der Waals surface area contributed by atoms with Gasteiger partial charge >= 0.3 is 5.97 Å². The van der Waals surface area contributed by atoms with Crippen LogP contribution in [0.3, 0.4) is 0 Å². The van der Waals surface area contributed by atoms with Crippen LogP contribution >= 0.6 is 0 Å². The number of aliphatic carboxylic acids is 1. The maximum atomic E-state index is 11.0. The molecule has 1 aromatic rings. The molecule has 18 heavy (non-hydrogen) atoms. The van der Waals surface area contributed by atoms with Gasteiger partial charge in [-0.25, -0.2) is 0 Å². The predicted molar refractivity (Wildman–Crippen MR) is 66.8 cm³/mol. The van der Waals surface area contributed by atoms with Gasteiger partial charge in [-0.1, -0.05) is 24.3 Å². The summed E-state index contributed by atoms with van der Waals surface area (Å²) < 4.78 is 0. The van der Waals surface area contributed by atoms with Gasteiger partial charge in [0, 0.05) is 19.6 Å². The molecule has 1 aliphatic rings. The lowest BCUT2D eigenvalue weighted by atomic mass is 10.0. The van der Waals surface area contributed by atoms with Gasteiger partial charge in [0.1, 0.15) is 5.54 Å². The molecule has 1 saturated heterocycles. The summed E-state index contributed by atoms with van der Waals surface area (Å²) in [5.74, 6) is -0.930. The number of benzene rings is 1. The number of aliphatic hydroxyl groups excluding tert-OH is 1. The molecule has 0 saturated carbocycles. The molecule has 1 heterocycles. The monoisotopic (exact) mass is 250 g/mol. The quantitative estimate of drug-likeness (QED) is 0.709. The first-order valence-corrected chi connectivity index (χ1v) is 5.97. The van der Waals surface area contributed by atoms with Crippen LogP contribution in [0.15, 0.2) is 24.3 Å². The maximum Gasteiger partial charge on any atom is 0.325 e. The van der Waals surface area contributed by atoms with Crippen LogP contribution in [0, 0.1) is 0 Å². The highest BCUT2D eigenvalue weighted by atomic mass is 16.4. The van der Waals surface area contributed by atoms with Crippen molar-refractivity contribution in [1.82, 2.24) is 4.90 Å². The van der Waals surface area contributed by atoms with Gasteiger partial charge in [0.2, 0.25) is 0 Å². The smallest absolute Gasteiger partial charge is 0.325 e. The molecule has 2 rings (SSSR count). The van der Waals surface area contributed by atoms with Crippen molar-refractivity contribution in [2.75, 3.05) is 13.1 Å². The summed E-state index contributed by atoms with van der Waals surface area (Å²) in [5, 5.41) is 18.0. The average Bonchev–Trinajstić information content (AvgIpc) is 2.73. The number of likely N-dealkylation sites (tertiary alicyclic amines) is 1. The zero-order valence-corrected chi connectivity index (χ0v) is 10.2. The first-order chi connectivity index (χ1) is 8.53. The summed E-state index contributed by atoms with van der Waals surface area (Å²) in [7, 11) is 0. The van der Waals surface area contributed by atoms with Crippen LogP contribution < -0.4 is 5.73 Å². The van der Waals surface area contributed by atoms with Gasteiger partial charge in [0.25, 0.3) is 0 Å². The molecule has 4 N–H and O–H groups in total. The molecule has 5 heteroatoms. The van der Waals surface area contributed by atoms with Crippen LogP contribution in [0.25, 0.3) is 0 Å². The predicted octanol–water partition coefficient (Wildman–Crippen LogP) is 0.167. The second-order valence-electron chi connectivity index (χ2n) is 4.90. The van der Waals surface area contributed by atoms with Gasteiger partial charge in [-0.3, -0.25) is 9.69 Å². The molecule has 5 nitrogen and oxygen atoms in total. The summed E-state index contributed by atoms with van der Waals surface area (Å²) in [6, 6.07) is 7.64. The summed E-state index contributed by atoms with van der Waals surface area (Å²) in [4.78, 5) is 13.1. The van der Waals surface area contributed by atoms with Crippen LogP contribution in [-0.2, 0) is 17.9 Å². The SMILES string of the molecule is NC1(C(=O)O)CCN(Cc2ccc(CO)cc2)C1. The minimum absolute atomic E-state index is 0.0366. The van der Waals surface area contributed by atoms with Crippen LogP contribution in [-0.4, -0.2) is 39.7 Å². The largest absolute Gasteiger partial charge is 0.480 e. The highest BCUT2D eigenvalue weighted by Gasteiger charge is 2.40. The lowest BCUT2D eigenvalue weighted by Gasteiger charge is -2.20.